The lowest BCUT2D eigenvalue weighted by Gasteiger charge is -2.20. The van der Waals surface area contributed by atoms with E-state index in [1.54, 1.807) is 0 Å². The van der Waals surface area contributed by atoms with Crippen molar-refractivity contribution in [1.82, 2.24) is 4.57 Å². The summed E-state index contributed by atoms with van der Waals surface area (Å²) < 4.78 is 2.44. The Balaban J connectivity index is 1.05. The molecule has 1 aromatic heterocycles. The molecule has 0 unspecified atom stereocenters. The lowest BCUT2D eigenvalue weighted by atomic mass is 9.83. The van der Waals surface area contributed by atoms with Crippen molar-refractivity contribution in [3.63, 3.8) is 0 Å². The minimum atomic E-state index is 0.914. The summed E-state index contributed by atoms with van der Waals surface area (Å²) in [6.45, 7) is 3.15. The molecular weight excluding hydrogens is 783 g/mol. The normalized spacial score (nSPS) is 11.5. The number of benzene rings is 11. The molecule has 65 heavy (non-hydrogen) atoms. The van der Waals surface area contributed by atoms with E-state index in [-0.39, 0.29) is 0 Å². The predicted molar refractivity (Wildman–Crippen MR) is 278 cm³/mol. The van der Waals surface area contributed by atoms with Gasteiger partial charge in [0, 0.05) is 28.4 Å². The highest BCUT2D eigenvalue weighted by Gasteiger charge is 2.20. The Morgan fingerprint density at radius 1 is 0.231 bits per heavy atom. The van der Waals surface area contributed by atoms with Gasteiger partial charge in [0.2, 0.25) is 0 Å². The van der Waals surface area contributed by atoms with Crippen molar-refractivity contribution >= 4 is 43.4 Å². The van der Waals surface area contributed by atoms with Crippen LogP contribution in [-0.4, -0.2) is 4.57 Å². The van der Waals surface area contributed by atoms with E-state index in [4.69, 9.17) is 0 Å². The highest BCUT2D eigenvalue weighted by Crippen LogP contribution is 2.47. The second kappa shape index (κ2) is 16.1. The Hall–Kier alpha value is -8.26. The van der Waals surface area contributed by atoms with Crippen molar-refractivity contribution in [3.8, 4) is 77.9 Å². The summed E-state index contributed by atoms with van der Waals surface area (Å²) in [7, 11) is 0. The van der Waals surface area contributed by atoms with Gasteiger partial charge in [-0.05, 0) is 143 Å². The number of aromatic nitrogens is 1. The zero-order chi connectivity index (χ0) is 43.3. The van der Waals surface area contributed by atoms with Crippen LogP contribution in [0.15, 0.2) is 243 Å². The largest absolute Gasteiger partial charge is 0.341 e. The van der Waals surface area contributed by atoms with Crippen LogP contribution in [0.2, 0.25) is 0 Å². The SMILES string of the molecule is CCn1c2ccc(-c3ccccc3)cc2c2cc(-c3ccc(-c4c5ccc(-c6ccccc6)cc5c(-c5ccc(-c6ccccc6)cc5)c5ccc(-c6ccccc6)cc45)cc3)ccc21. The van der Waals surface area contributed by atoms with Crippen molar-refractivity contribution in [2.75, 3.05) is 0 Å². The number of fused-ring (bicyclic) bond motifs is 5. The quantitative estimate of drug-likeness (QED) is 0.135. The Bertz CT molecular complexity index is 3680. The van der Waals surface area contributed by atoms with Gasteiger partial charge in [0.15, 0.2) is 0 Å². The van der Waals surface area contributed by atoms with Gasteiger partial charge in [-0.3, -0.25) is 0 Å². The second-order valence-corrected chi connectivity index (χ2v) is 17.1. The maximum Gasteiger partial charge on any atom is 0.0491 e. The van der Waals surface area contributed by atoms with Gasteiger partial charge in [-0.1, -0.05) is 206 Å². The number of hydrogen-bond donors (Lipinski definition) is 0. The van der Waals surface area contributed by atoms with Gasteiger partial charge in [-0.2, -0.15) is 0 Å². The molecule has 306 valence electrons. The molecule has 0 saturated carbocycles. The molecule has 0 saturated heterocycles. The first-order valence-electron chi connectivity index (χ1n) is 22.7. The zero-order valence-corrected chi connectivity index (χ0v) is 36.2. The molecule has 12 rings (SSSR count). The van der Waals surface area contributed by atoms with Crippen LogP contribution in [0, 0.1) is 0 Å². The van der Waals surface area contributed by atoms with Crippen molar-refractivity contribution in [1.29, 1.82) is 0 Å². The van der Waals surface area contributed by atoms with Crippen LogP contribution in [-0.2, 0) is 6.54 Å². The molecule has 12 aromatic rings. The Morgan fingerprint density at radius 3 is 0.846 bits per heavy atom. The summed E-state index contributed by atoms with van der Waals surface area (Å²) >= 11 is 0. The fourth-order valence-electron chi connectivity index (χ4n) is 10.2. The molecule has 0 N–H and O–H groups in total. The highest BCUT2D eigenvalue weighted by molar-refractivity contribution is 6.22. The minimum Gasteiger partial charge on any atom is -0.341 e. The Morgan fingerprint density at radius 2 is 0.492 bits per heavy atom. The number of aryl methyl sites for hydroxylation is 1. The van der Waals surface area contributed by atoms with Crippen molar-refractivity contribution in [3.05, 3.63) is 243 Å². The lowest BCUT2D eigenvalue weighted by molar-refractivity contribution is 0.827. The maximum absolute atomic E-state index is 2.44. The van der Waals surface area contributed by atoms with E-state index in [0.29, 0.717) is 0 Å². The van der Waals surface area contributed by atoms with Crippen molar-refractivity contribution < 1.29 is 0 Å². The predicted octanol–water partition coefficient (Wildman–Crippen LogP) is 17.8. The molecule has 0 bridgehead atoms. The molecule has 11 aromatic carbocycles. The summed E-state index contributed by atoms with van der Waals surface area (Å²) in [6.07, 6.45) is 0. The minimum absolute atomic E-state index is 0.914. The Kier molecular flexibility index (Phi) is 9.54. The van der Waals surface area contributed by atoms with Crippen molar-refractivity contribution in [2.24, 2.45) is 0 Å². The monoisotopic (exact) mass is 827 g/mol. The van der Waals surface area contributed by atoms with E-state index >= 15 is 0 Å². The molecule has 0 aliphatic carbocycles. The summed E-state index contributed by atoms with van der Waals surface area (Å²) in [5.41, 5.74) is 19.6. The molecule has 0 aliphatic rings. The third kappa shape index (κ3) is 6.81. The van der Waals surface area contributed by atoms with E-state index in [0.717, 1.165) is 6.54 Å². The molecule has 1 nitrogen and oxygen atoms in total. The van der Waals surface area contributed by atoms with E-state index in [2.05, 4.69) is 254 Å². The van der Waals surface area contributed by atoms with Gasteiger partial charge >= 0.3 is 0 Å². The molecule has 0 aliphatic heterocycles. The van der Waals surface area contributed by atoms with Gasteiger partial charge < -0.3 is 4.57 Å². The molecular formula is C64H45N. The molecule has 1 heteroatoms. The van der Waals surface area contributed by atoms with Gasteiger partial charge in [0.05, 0.1) is 0 Å². The van der Waals surface area contributed by atoms with E-state index in [1.165, 1.54) is 121 Å². The molecule has 0 spiro atoms. The van der Waals surface area contributed by atoms with Gasteiger partial charge in [-0.25, -0.2) is 0 Å². The summed E-state index contributed by atoms with van der Waals surface area (Å²) in [4.78, 5) is 0. The molecule has 0 amide bonds. The van der Waals surface area contributed by atoms with E-state index in [9.17, 15) is 0 Å². The molecule has 1 heterocycles. The molecule has 0 fully saturated rings. The summed E-state index contributed by atoms with van der Waals surface area (Å²) in [5.74, 6) is 0. The van der Waals surface area contributed by atoms with Crippen LogP contribution < -0.4 is 0 Å². The zero-order valence-electron chi connectivity index (χ0n) is 36.2. The molecule has 0 atom stereocenters. The number of rotatable bonds is 8. The standard InChI is InChI=1S/C64H45N/c1-2-65-61-37-33-53(46-21-13-6-14-22-46)39-57(61)58-40-54(34-38-62(58)65)48-25-29-50(30-26-48)64-56-36-32-51(44-17-9-4-10-18-44)41-59(56)63(49-27-23-47(24-28-49)43-15-7-3-8-16-43)55-35-31-52(42-60(55)64)45-19-11-5-12-20-45/h3-42H,2H2,1H3. The van der Waals surface area contributed by atoms with Crippen LogP contribution in [0.1, 0.15) is 6.92 Å². The smallest absolute Gasteiger partial charge is 0.0491 e. The van der Waals surface area contributed by atoms with Gasteiger partial charge in [0.25, 0.3) is 0 Å². The topological polar surface area (TPSA) is 4.93 Å². The lowest BCUT2D eigenvalue weighted by Crippen LogP contribution is -1.93. The van der Waals surface area contributed by atoms with Gasteiger partial charge in [-0.15, -0.1) is 0 Å². The fraction of sp³-hybridized carbons (Fsp3) is 0.0312. The maximum atomic E-state index is 2.44. The van der Waals surface area contributed by atoms with E-state index < -0.39 is 0 Å². The molecule has 0 radical (unpaired) electrons. The summed E-state index contributed by atoms with van der Waals surface area (Å²) in [6, 6.07) is 89.4. The van der Waals surface area contributed by atoms with Crippen LogP contribution in [0.4, 0.5) is 0 Å². The Labute approximate surface area is 380 Å². The highest BCUT2D eigenvalue weighted by atomic mass is 15.0. The average Bonchev–Trinajstić information content (AvgIpc) is 3.71. The van der Waals surface area contributed by atoms with Crippen LogP contribution in [0.3, 0.4) is 0 Å². The fourth-order valence-corrected chi connectivity index (χ4v) is 10.2. The number of nitrogens with zero attached hydrogens (tertiary/aromatic N) is 1. The third-order valence-corrected chi connectivity index (χ3v) is 13.4. The first kappa shape index (κ1) is 38.4. The first-order valence-corrected chi connectivity index (χ1v) is 22.7. The second-order valence-electron chi connectivity index (χ2n) is 17.1. The van der Waals surface area contributed by atoms with Crippen molar-refractivity contribution in [2.45, 2.75) is 13.5 Å². The third-order valence-electron chi connectivity index (χ3n) is 13.4. The van der Waals surface area contributed by atoms with Gasteiger partial charge in [0.1, 0.15) is 0 Å². The summed E-state index contributed by atoms with van der Waals surface area (Å²) in [5, 5.41) is 7.53. The van der Waals surface area contributed by atoms with E-state index in [1.807, 2.05) is 0 Å². The van der Waals surface area contributed by atoms with Crippen LogP contribution in [0.25, 0.3) is 121 Å². The first-order chi connectivity index (χ1) is 32.2. The average molecular weight is 828 g/mol. The van der Waals surface area contributed by atoms with Crippen LogP contribution >= 0.6 is 0 Å². The number of hydrogen-bond acceptors (Lipinski definition) is 0. The van der Waals surface area contributed by atoms with Crippen LogP contribution in [0.5, 0.6) is 0 Å².